The lowest BCUT2D eigenvalue weighted by atomic mass is 10.2. The number of nitrogens with one attached hydrogen (secondary N) is 1. The molecule has 0 fully saturated rings. The largest absolute Gasteiger partial charge is 0.421 e. The number of hydrogen-bond acceptors (Lipinski definition) is 5. The van der Waals surface area contributed by atoms with Gasteiger partial charge in [-0.15, -0.1) is 10.2 Å². The second kappa shape index (κ2) is 7.94. The highest BCUT2D eigenvalue weighted by molar-refractivity contribution is 7.88. The molecule has 3 rings (SSSR count). The summed E-state index contributed by atoms with van der Waals surface area (Å²) in [5, 5.41) is 8.31. The van der Waals surface area contributed by atoms with Crippen LogP contribution >= 0.6 is 11.6 Å². The maximum atomic E-state index is 12.9. The summed E-state index contributed by atoms with van der Waals surface area (Å²) in [6.45, 7) is 0.105. The Balaban J connectivity index is 1.56. The van der Waals surface area contributed by atoms with Crippen LogP contribution in [0.5, 0.6) is 0 Å². The average Bonchev–Trinajstić information content (AvgIpc) is 3.05. The van der Waals surface area contributed by atoms with Crippen LogP contribution in [-0.4, -0.2) is 25.2 Å². The molecule has 9 heteroatoms. The smallest absolute Gasteiger partial charge is 0.249 e. The van der Waals surface area contributed by atoms with Gasteiger partial charge in [0.25, 0.3) is 0 Å². The second-order valence-electron chi connectivity index (χ2n) is 5.51. The van der Waals surface area contributed by atoms with Crippen molar-refractivity contribution >= 4 is 21.6 Å². The van der Waals surface area contributed by atoms with Crippen LogP contribution in [0.2, 0.25) is 5.02 Å². The molecular weight excluding hydrogens is 381 g/mol. The van der Waals surface area contributed by atoms with Crippen LogP contribution in [0.15, 0.2) is 52.9 Å². The summed E-state index contributed by atoms with van der Waals surface area (Å²) in [6.07, 6.45) is 0.236. The molecule has 0 radical (unpaired) electrons. The molecule has 2 aromatic carbocycles. The van der Waals surface area contributed by atoms with Crippen molar-refractivity contribution in [2.45, 2.75) is 12.2 Å². The topological polar surface area (TPSA) is 85.1 Å². The zero-order chi connectivity index (χ0) is 18.6. The first-order valence-electron chi connectivity index (χ1n) is 7.72. The predicted octanol–water partition coefficient (Wildman–Crippen LogP) is 3.19. The van der Waals surface area contributed by atoms with E-state index in [4.69, 9.17) is 16.0 Å². The van der Waals surface area contributed by atoms with Crippen LogP contribution in [0.25, 0.3) is 11.5 Å². The van der Waals surface area contributed by atoms with Gasteiger partial charge in [-0.3, -0.25) is 0 Å². The normalized spacial score (nSPS) is 11.6. The molecule has 0 spiro atoms. The summed E-state index contributed by atoms with van der Waals surface area (Å²) >= 11 is 6.08. The molecular formula is C17H15ClFN3O3S. The van der Waals surface area contributed by atoms with Gasteiger partial charge in [-0.1, -0.05) is 35.9 Å². The van der Waals surface area contributed by atoms with Gasteiger partial charge in [-0.05, 0) is 29.8 Å². The van der Waals surface area contributed by atoms with E-state index in [0.29, 0.717) is 22.0 Å². The van der Waals surface area contributed by atoms with E-state index in [0.717, 1.165) is 0 Å². The van der Waals surface area contributed by atoms with Crippen molar-refractivity contribution in [2.24, 2.45) is 0 Å². The Hall–Kier alpha value is -2.29. The van der Waals surface area contributed by atoms with Crippen molar-refractivity contribution in [1.29, 1.82) is 0 Å². The minimum atomic E-state index is -3.55. The molecule has 1 heterocycles. The lowest BCUT2D eigenvalue weighted by molar-refractivity contribution is 0.502. The fraction of sp³-hybridized carbons (Fsp3) is 0.176. The van der Waals surface area contributed by atoms with E-state index in [1.807, 2.05) is 0 Å². The molecule has 0 saturated carbocycles. The SMILES string of the molecule is O=S(=O)(Cc1ccc(F)cc1)NCCc1nnc(-c2ccccc2Cl)o1. The van der Waals surface area contributed by atoms with Crippen molar-refractivity contribution in [3.05, 3.63) is 70.8 Å². The number of hydrogen-bond donors (Lipinski definition) is 1. The maximum absolute atomic E-state index is 12.9. The van der Waals surface area contributed by atoms with Crippen molar-refractivity contribution in [1.82, 2.24) is 14.9 Å². The summed E-state index contributed by atoms with van der Waals surface area (Å²) in [5.41, 5.74) is 1.11. The van der Waals surface area contributed by atoms with E-state index in [-0.39, 0.29) is 24.6 Å². The van der Waals surface area contributed by atoms with Gasteiger partial charge in [0.15, 0.2) is 0 Å². The van der Waals surface area contributed by atoms with Gasteiger partial charge in [-0.2, -0.15) is 0 Å². The summed E-state index contributed by atoms with van der Waals surface area (Å²) in [4.78, 5) is 0. The number of nitrogens with zero attached hydrogens (tertiary/aromatic N) is 2. The number of aromatic nitrogens is 2. The second-order valence-corrected chi connectivity index (χ2v) is 7.72. The summed E-state index contributed by atoms with van der Waals surface area (Å²) in [7, 11) is -3.55. The standard InChI is InChI=1S/C17H15ClFN3O3S/c18-15-4-2-1-3-14(15)17-22-21-16(25-17)9-10-20-26(23,24)11-12-5-7-13(19)8-6-12/h1-8,20H,9-11H2. The molecule has 1 N–H and O–H groups in total. The van der Waals surface area contributed by atoms with Gasteiger partial charge in [0.2, 0.25) is 21.8 Å². The third-order valence-corrected chi connectivity index (χ3v) is 5.19. The van der Waals surface area contributed by atoms with Gasteiger partial charge in [-0.25, -0.2) is 17.5 Å². The Bertz CT molecular complexity index is 990. The Kier molecular flexibility index (Phi) is 5.65. The first-order chi connectivity index (χ1) is 12.4. The Morgan fingerprint density at radius 3 is 2.54 bits per heavy atom. The van der Waals surface area contributed by atoms with Gasteiger partial charge < -0.3 is 4.42 Å². The highest BCUT2D eigenvalue weighted by atomic mass is 35.5. The number of halogens is 2. The summed E-state index contributed by atoms with van der Waals surface area (Å²) < 4.78 is 44.9. The zero-order valence-electron chi connectivity index (χ0n) is 13.5. The molecule has 0 bridgehead atoms. The quantitative estimate of drug-likeness (QED) is 0.664. The van der Waals surface area contributed by atoms with Gasteiger partial charge in [0.05, 0.1) is 16.3 Å². The predicted molar refractivity (Wildman–Crippen MR) is 95.5 cm³/mol. The van der Waals surface area contributed by atoms with Crippen LogP contribution in [0.1, 0.15) is 11.5 Å². The van der Waals surface area contributed by atoms with E-state index < -0.39 is 15.8 Å². The number of rotatable bonds is 7. The van der Waals surface area contributed by atoms with Crippen LogP contribution in [0, 0.1) is 5.82 Å². The molecule has 0 unspecified atom stereocenters. The molecule has 26 heavy (non-hydrogen) atoms. The van der Waals surface area contributed by atoms with Crippen molar-refractivity contribution < 1.29 is 17.2 Å². The minimum absolute atomic E-state index is 0.105. The molecule has 0 atom stereocenters. The van der Waals surface area contributed by atoms with E-state index >= 15 is 0 Å². The Labute approximate surface area is 155 Å². The lowest BCUT2D eigenvalue weighted by Gasteiger charge is -2.05. The first-order valence-corrected chi connectivity index (χ1v) is 9.75. The van der Waals surface area contributed by atoms with Crippen molar-refractivity contribution in [3.8, 4) is 11.5 Å². The first kappa shape index (κ1) is 18.5. The zero-order valence-corrected chi connectivity index (χ0v) is 15.1. The minimum Gasteiger partial charge on any atom is -0.421 e. The fourth-order valence-electron chi connectivity index (χ4n) is 2.26. The Morgan fingerprint density at radius 2 is 1.81 bits per heavy atom. The average molecular weight is 396 g/mol. The molecule has 136 valence electrons. The van der Waals surface area contributed by atoms with E-state index in [1.165, 1.54) is 24.3 Å². The van der Waals surface area contributed by atoms with E-state index in [1.54, 1.807) is 24.3 Å². The maximum Gasteiger partial charge on any atom is 0.249 e. The molecule has 1 aromatic heterocycles. The summed E-state index contributed by atoms with van der Waals surface area (Å²) in [6, 6.07) is 12.4. The number of benzene rings is 2. The summed E-state index contributed by atoms with van der Waals surface area (Å²) in [5.74, 6) is -0.0730. The monoisotopic (exact) mass is 395 g/mol. The van der Waals surface area contributed by atoms with Crippen LogP contribution in [0.3, 0.4) is 0 Å². The van der Waals surface area contributed by atoms with Crippen LogP contribution in [0.4, 0.5) is 4.39 Å². The molecule has 0 aliphatic heterocycles. The Morgan fingerprint density at radius 1 is 1.08 bits per heavy atom. The van der Waals surface area contributed by atoms with Gasteiger partial charge in [0.1, 0.15) is 5.82 Å². The van der Waals surface area contributed by atoms with Crippen LogP contribution < -0.4 is 4.72 Å². The van der Waals surface area contributed by atoms with Crippen molar-refractivity contribution in [2.75, 3.05) is 6.54 Å². The van der Waals surface area contributed by atoms with Gasteiger partial charge >= 0.3 is 0 Å². The fourth-order valence-corrected chi connectivity index (χ4v) is 3.63. The van der Waals surface area contributed by atoms with Crippen LogP contribution in [-0.2, 0) is 22.2 Å². The molecule has 6 nitrogen and oxygen atoms in total. The molecule has 0 aliphatic rings. The number of sulfonamides is 1. The highest BCUT2D eigenvalue weighted by Crippen LogP contribution is 2.26. The third kappa shape index (κ3) is 4.87. The van der Waals surface area contributed by atoms with E-state index in [2.05, 4.69) is 14.9 Å². The molecule has 0 amide bonds. The lowest BCUT2D eigenvalue weighted by Crippen LogP contribution is -2.27. The molecule has 0 saturated heterocycles. The molecule has 3 aromatic rings. The van der Waals surface area contributed by atoms with E-state index in [9.17, 15) is 12.8 Å². The van der Waals surface area contributed by atoms with Crippen molar-refractivity contribution in [3.63, 3.8) is 0 Å². The molecule has 0 aliphatic carbocycles. The third-order valence-electron chi connectivity index (χ3n) is 3.50. The van der Waals surface area contributed by atoms with Gasteiger partial charge in [0, 0.05) is 13.0 Å². The highest BCUT2D eigenvalue weighted by Gasteiger charge is 2.14.